The number of halogens is 4. The highest BCUT2D eigenvalue weighted by Crippen LogP contribution is 2.29. The lowest BCUT2D eigenvalue weighted by Gasteiger charge is -2.34. The molecule has 11 heteroatoms. The van der Waals surface area contributed by atoms with Crippen LogP contribution in [-0.4, -0.2) is 55.4 Å². The molecule has 1 aliphatic heterocycles. The van der Waals surface area contributed by atoms with Crippen molar-refractivity contribution < 1.29 is 22.8 Å². The number of nitrogens with two attached hydrogens (primary N) is 1. The van der Waals surface area contributed by atoms with Crippen molar-refractivity contribution >= 4 is 41.8 Å². The molecular weight excluding hydrogens is 526 g/mol. The van der Waals surface area contributed by atoms with Gasteiger partial charge in [0.15, 0.2) is 5.96 Å². The fraction of sp³-hybridized carbons (Fsp3) is 0.550. The van der Waals surface area contributed by atoms with E-state index in [-0.39, 0.29) is 47.9 Å². The van der Waals surface area contributed by atoms with Gasteiger partial charge in [-0.05, 0) is 49.9 Å². The number of rotatable bonds is 7. The van der Waals surface area contributed by atoms with Gasteiger partial charge in [0, 0.05) is 38.2 Å². The van der Waals surface area contributed by atoms with E-state index in [9.17, 15) is 22.8 Å². The Bertz CT molecular complexity index is 756. The quantitative estimate of drug-likeness (QED) is 0.209. The molecule has 1 aromatic carbocycles. The van der Waals surface area contributed by atoms with Crippen LogP contribution in [0, 0.1) is 5.92 Å². The predicted molar refractivity (Wildman–Crippen MR) is 123 cm³/mol. The largest absolute Gasteiger partial charge is 0.416 e. The second kappa shape index (κ2) is 12.7. The summed E-state index contributed by atoms with van der Waals surface area (Å²) >= 11 is 0. The molecule has 0 saturated carbocycles. The number of alkyl halides is 3. The first-order valence-electron chi connectivity index (χ1n) is 9.97. The van der Waals surface area contributed by atoms with Crippen LogP contribution in [0.4, 0.5) is 13.2 Å². The number of hydrogen-bond donors (Lipinski definition) is 3. The molecule has 31 heavy (non-hydrogen) atoms. The second-order valence-electron chi connectivity index (χ2n) is 7.19. The van der Waals surface area contributed by atoms with Gasteiger partial charge in [-0.1, -0.05) is 0 Å². The summed E-state index contributed by atoms with van der Waals surface area (Å²) in [5.41, 5.74) is 4.67. The third kappa shape index (κ3) is 8.91. The molecule has 2 amide bonds. The highest BCUT2D eigenvalue weighted by Gasteiger charge is 2.30. The van der Waals surface area contributed by atoms with E-state index in [2.05, 4.69) is 20.5 Å². The standard InChI is InChI=1S/C20H28F3N5O2.HI/c1-2-25-19(28-11-3-4-14(13-28)12-17(24)29)27-10-9-26-18(30)15-5-7-16(8-6-15)20(21,22)23;/h5-8,14H,2-4,9-13H2,1H3,(H2,24,29)(H,25,27)(H,26,30);1H. The van der Waals surface area contributed by atoms with Crippen molar-refractivity contribution in [1.29, 1.82) is 0 Å². The molecule has 7 nitrogen and oxygen atoms in total. The van der Waals surface area contributed by atoms with Crippen LogP contribution in [0.5, 0.6) is 0 Å². The summed E-state index contributed by atoms with van der Waals surface area (Å²) in [6.45, 7) is 4.69. The number of carbonyl (C=O) groups excluding carboxylic acids is 2. The molecule has 0 aliphatic carbocycles. The summed E-state index contributed by atoms with van der Waals surface area (Å²) in [6, 6.07) is 4.07. The number of piperidine rings is 1. The van der Waals surface area contributed by atoms with Crippen LogP contribution < -0.4 is 16.4 Å². The number of nitrogens with zero attached hydrogens (tertiary/aromatic N) is 2. The van der Waals surface area contributed by atoms with E-state index in [1.54, 1.807) is 0 Å². The number of carbonyl (C=O) groups is 2. The van der Waals surface area contributed by atoms with E-state index in [1.165, 1.54) is 0 Å². The Balaban J connectivity index is 0.00000480. The minimum Gasteiger partial charge on any atom is -0.370 e. The minimum atomic E-state index is -4.43. The monoisotopic (exact) mass is 555 g/mol. The maximum absolute atomic E-state index is 12.6. The first-order valence-corrected chi connectivity index (χ1v) is 9.97. The van der Waals surface area contributed by atoms with Crippen molar-refractivity contribution in [3.63, 3.8) is 0 Å². The van der Waals surface area contributed by atoms with Crippen molar-refractivity contribution in [1.82, 2.24) is 15.5 Å². The summed E-state index contributed by atoms with van der Waals surface area (Å²) in [6.07, 6.45) is -2.20. The number of nitrogens with one attached hydrogen (secondary N) is 2. The molecule has 174 valence electrons. The number of primary amides is 1. The normalized spacial score (nSPS) is 17.0. The fourth-order valence-electron chi connectivity index (χ4n) is 3.38. The van der Waals surface area contributed by atoms with Gasteiger partial charge in [-0.15, -0.1) is 24.0 Å². The van der Waals surface area contributed by atoms with Crippen LogP contribution in [-0.2, 0) is 11.0 Å². The lowest BCUT2D eigenvalue weighted by molar-refractivity contribution is -0.137. The van der Waals surface area contributed by atoms with Gasteiger partial charge in [0.2, 0.25) is 5.91 Å². The van der Waals surface area contributed by atoms with Gasteiger partial charge >= 0.3 is 6.18 Å². The second-order valence-corrected chi connectivity index (χ2v) is 7.19. The lowest BCUT2D eigenvalue weighted by Crippen LogP contribution is -2.47. The molecule has 1 fully saturated rings. The maximum Gasteiger partial charge on any atom is 0.416 e. The Morgan fingerprint density at radius 2 is 1.90 bits per heavy atom. The fourth-order valence-corrected chi connectivity index (χ4v) is 3.38. The van der Waals surface area contributed by atoms with Crippen LogP contribution >= 0.6 is 24.0 Å². The van der Waals surface area contributed by atoms with E-state index in [1.807, 2.05) is 6.92 Å². The van der Waals surface area contributed by atoms with E-state index < -0.39 is 17.6 Å². The van der Waals surface area contributed by atoms with Gasteiger partial charge in [-0.25, -0.2) is 0 Å². The van der Waals surface area contributed by atoms with Gasteiger partial charge in [0.05, 0.1) is 12.1 Å². The SMILES string of the molecule is CCNC(=NCCNC(=O)c1ccc(C(F)(F)F)cc1)N1CCCC(CC(N)=O)C1.I. The number of guanidine groups is 1. The molecule has 1 atom stereocenters. The van der Waals surface area contributed by atoms with Crippen LogP contribution in [0.2, 0.25) is 0 Å². The summed E-state index contributed by atoms with van der Waals surface area (Å²) in [5.74, 6) is 0.133. The molecular formula is C20H29F3IN5O2. The van der Waals surface area contributed by atoms with Crippen molar-refractivity contribution in [2.24, 2.45) is 16.6 Å². The van der Waals surface area contributed by atoms with Gasteiger partial charge in [-0.2, -0.15) is 13.2 Å². The zero-order valence-electron chi connectivity index (χ0n) is 17.4. The van der Waals surface area contributed by atoms with Crippen molar-refractivity contribution in [3.05, 3.63) is 35.4 Å². The number of benzene rings is 1. The zero-order chi connectivity index (χ0) is 22.1. The average molecular weight is 555 g/mol. The summed E-state index contributed by atoms with van der Waals surface area (Å²) < 4.78 is 37.8. The van der Waals surface area contributed by atoms with Crippen LogP contribution in [0.15, 0.2) is 29.3 Å². The van der Waals surface area contributed by atoms with E-state index in [4.69, 9.17) is 5.73 Å². The minimum absolute atomic E-state index is 0. The molecule has 0 radical (unpaired) electrons. The highest BCUT2D eigenvalue weighted by atomic mass is 127. The van der Waals surface area contributed by atoms with Crippen LogP contribution in [0.3, 0.4) is 0 Å². The van der Waals surface area contributed by atoms with Gasteiger partial charge < -0.3 is 21.3 Å². The summed E-state index contributed by atoms with van der Waals surface area (Å²) in [5, 5.41) is 5.86. The zero-order valence-corrected chi connectivity index (χ0v) is 19.7. The lowest BCUT2D eigenvalue weighted by atomic mass is 9.95. The number of amides is 2. The summed E-state index contributed by atoms with van der Waals surface area (Å²) in [7, 11) is 0. The molecule has 1 saturated heterocycles. The Hall–Kier alpha value is -2.05. The molecule has 1 heterocycles. The molecule has 1 aliphatic rings. The smallest absolute Gasteiger partial charge is 0.370 e. The Labute approximate surface area is 197 Å². The van der Waals surface area contributed by atoms with E-state index in [0.717, 1.165) is 43.7 Å². The van der Waals surface area contributed by atoms with E-state index >= 15 is 0 Å². The Kier molecular flexibility index (Phi) is 11.1. The highest BCUT2D eigenvalue weighted by molar-refractivity contribution is 14.0. The van der Waals surface area contributed by atoms with Crippen molar-refractivity contribution in [3.8, 4) is 0 Å². The molecule has 0 spiro atoms. The predicted octanol–water partition coefficient (Wildman–Crippen LogP) is 2.61. The van der Waals surface area contributed by atoms with Crippen LogP contribution in [0.1, 0.15) is 42.1 Å². The van der Waals surface area contributed by atoms with Crippen LogP contribution in [0.25, 0.3) is 0 Å². The molecule has 4 N–H and O–H groups in total. The summed E-state index contributed by atoms with van der Waals surface area (Å²) in [4.78, 5) is 29.9. The molecule has 0 bridgehead atoms. The molecule has 1 unspecified atom stereocenters. The van der Waals surface area contributed by atoms with Gasteiger partial charge in [0.1, 0.15) is 0 Å². The van der Waals surface area contributed by atoms with Crippen molar-refractivity contribution in [2.75, 3.05) is 32.7 Å². The average Bonchev–Trinajstić information content (AvgIpc) is 2.69. The molecule has 1 aromatic rings. The van der Waals surface area contributed by atoms with E-state index in [0.29, 0.717) is 32.0 Å². The third-order valence-corrected chi connectivity index (χ3v) is 4.78. The number of likely N-dealkylation sites (tertiary alicyclic amines) is 1. The Morgan fingerprint density at radius 3 is 2.48 bits per heavy atom. The van der Waals surface area contributed by atoms with Gasteiger partial charge in [0.25, 0.3) is 5.91 Å². The Morgan fingerprint density at radius 1 is 1.23 bits per heavy atom. The maximum atomic E-state index is 12.6. The number of aliphatic imine (C=N–C) groups is 1. The first-order chi connectivity index (χ1) is 14.2. The first kappa shape index (κ1) is 27.0. The topological polar surface area (TPSA) is 99.8 Å². The molecule has 2 rings (SSSR count). The third-order valence-electron chi connectivity index (χ3n) is 4.78. The van der Waals surface area contributed by atoms with Crippen molar-refractivity contribution in [2.45, 2.75) is 32.4 Å². The van der Waals surface area contributed by atoms with Gasteiger partial charge in [-0.3, -0.25) is 14.6 Å². The number of hydrogen-bond acceptors (Lipinski definition) is 3. The molecule has 0 aromatic heterocycles.